The number of hydrogen-bond acceptors (Lipinski definition) is 10. The van der Waals surface area contributed by atoms with E-state index in [0.29, 0.717) is 0 Å². The predicted octanol–water partition coefficient (Wildman–Crippen LogP) is -0.826. The second kappa shape index (κ2) is 7.99. The van der Waals surface area contributed by atoms with E-state index in [9.17, 15) is 23.4 Å². The molecule has 2 unspecified atom stereocenters. The number of rotatable bonds is 9. The topological polar surface area (TPSA) is 243 Å². The van der Waals surface area contributed by atoms with Gasteiger partial charge in [0.05, 0.1) is 6.61 Å². The third-order valence-electron chi connectivity index (χ3n) is 2.61. The molecule has 0 radical (unpaired) electrons. The Hall–Kier alpha value is -1.28. The van der Waals surface area contributed by atoms with Crippen molar-refractivity contribution in [1.82, 2.24) is 14.8 Å². The fourth-order valence-corrected chi connectivity index (χ4v) is 4.75. The van der Waals surface area contributed by atoms with Gasteiger partial charge in [0.1, 0.15) is 12.4 Å². The monoisotopic (exact) mass is 450 g/mol. The summed E-state index contributed by atoms with van der Waals surface area (Å²) in [6.07, 6.45) is 2.17. The van der Waals surface area contributed by atoms with Gasteiger partial charge in [-0.3, -0.25) is 9.32 Å². The molecule has 0 fully saturated rings. The molecule has 0 spiro atoms. The fraction of sp³-hybridized carbons (Fsp3) is 0.375. The number of phosphoric acid groups is 3. The van der Waals surface area contributed by atoms with Gasteiger partial charge >= 0.3 is 23.5 Å². The quantitative estimate of drug-likeness (QED) is 0.228. The summed E-state index contributed by atoms with van der Waals surface area (Å²) in [6, 6.07) is 0. The molecule has 0 saturated heterocycles. The first-order chi connectivity index (χ1) is 12.3. The standard InChI is InChI=1S/C8H13N4O12P3/c9-7(13)8-10-4-12(11-8)6-2-1-5(22-6)3-21-26(17,18)24-27(19,20)23-25(14,15)16/h1-2,4-6H,3H2,(H2,9,13)(H,17,18)(H,19,20)(H2,14,15,16)/t5-,6+/m0/s1. The molecule has 1 aromatic rings. The van der Waals surface area contributed by atoms with Gasteiger partial charge in [-0.25, -0.2) is 23.4 Å². The number of ether oxygens (including phenoxy) is 1. The zero-order valence-corrected chi connectivity index (χ0v) is 15.6. The normalized spacial score (nSPS) is 24.4. The lowest BCUT2D eigenvalue weighted by Crippen LogP contribution is -2.18. The zero-order chi connectivity index (χ0) is 20.5. The maximum atomic E-state index is 11.6. The number of hydrogen-bond donors (Lipinski definition) is 5. The Kier molecular flexibility index (Phi) is 6.52. The van der Waals surface area contributed by atoms with Crippen molar-refractivity contribution >= 4 is 29.4 Å². The lowest BCUT2D eigenvalue weighted by atomic mass is 10.4. The van der Waals surface area contributed by atoms with Gasteiger partial charge in [-0.05, 0) is 6.08 Å². The van der Waals surface area contributed by atoms with Crippen LogP contribution >= 0.6 is 23.5 Å². The summed E-state index contributed by atoms with van der Waals surface area (Å²) in [5.74, 6) is -1.12. The summed E-state index contributed by atoms with van der Waals surface area (Å²) in [5.41, 5.74) is 5.01. The number of nitrogens with zero attached hydrogens (tertiary/aromatic N) is 3. The van der Waals surface area contributed by atoms with Gasteiger partial charge < -0.3 is 30.0 Å². The third-order valence-corrected chi connectivity index (χ3v) is 6.41. The van der Waals surface area contributed by atoms with Gasteiger partial charge in [0.25, 0.3) is 5.91 Å². The molecule has 0 bridgehead atoms. The van der Waals surface area contributed by atoms with Crippen LogP contribution in [0.25, 0.3) is 0 Å². The first kappa shape index (κ1) is 22.0. The van der Waals surface area contributed by atoms with Crippen LogP contribution in [0.4, 0.5) is 0 Å². The lowest BCUT2D eigenvalue weighted by Gasteiger charge is -2.18. The minimum Gasteiger partial charge on any atom is -0.363 e. The Balaban J connectivity index is 1.88. The predicted molar refractivity (Wildman–Crippen MR) is 81.4 cm³/mol. The second-order valence-electron chi connectivity index (χ2n) is 4.75. The van der Waals surface area contributed by atoms with E-state index in [2.05, 4.69) is 23.2 Å². The molecular formula is C8H13N4O12P3. The fourth-order valence-electron chi connectivity index (χ4n) is 1.72. The van der Waals surface area contributed by atoms with Crippen LogP contribution < -0.4 is 5.73 Å². The molecular weight excluding hydrogens is 437 g/mol. The molecule has 0 saturated carbocycles. The van der Waals surface area contributed by atoms with Gasteiger partial charge in [-0.2, -0.15) is 8.62 Å². The molecule has 4 atom stereocenters. The van der Waals surface area contributed by atoms with Crippen LogP contribution in [0, 0.1) is 0 Å². The molecule has 0 aliphatic carbocycles. The molecule has 27 heavy (non-hydrogen) atoms. The average molecular weight is 450 g/mol. The highest BCUT2D eigenvalue weighted by molar-refractivity contribution is 7.66. The SMILES string of the molecule is NC(=O)c1ncn([C@H]2C=C[C@@H](COP(=O)(O)OP(=O)(O)OP(=O)(O)O)O2)n1. The van der Waals surface area contributed by atoms with E-state index in [4.69, 9.17) is 25.2 Å². The third kappa shape index (κ3) is 6.99. The Labute approximate surface area is 150 Å². The lowest BCUT2D eigenvalue weighted by molar-refractivity contribution is -0.0140. The van der Waals surface area contributed by atoms with Gasteiger partial charge in [0.2, 0.25) is 5.82 Å². The van der Waals surface area contributed by atoms with Crippen LogP contribution in [0.15, 0.2) is 18.5 Å². The molecule has 1 amide bonds. The van der Waals surface area contributed by atoms with Crippen LogP contribution in [0.1, 0.15) is 16.8 Å². The highest BCUT2D eigenvalue weighted by atomic mass is 31.3. The maximum Gasteiger partial charge on any atom is 0.490 e. The maximum absolute atomic E-state index is 11.6. The molecule has 2 heterocycles. The van der Waals surface area contributed by atoms with Crippen molar-refractivity contribution in [3.8, 4) is 0 Å². The summed E-state index contributed by atoms with van der Waals surface area (Å²) >= 11 is 0. The van der Waals surface area contributed by atoms with Crippen molar-refractivity contribution < 1.29 is 55.9 Å². The van der Waals surface area contributed by atoms with E-state index >= 15 is 0 Å². The van der Waals surface area contributed by atoms with Crippen molar-refractivity contribution in [2.24, 2.45) is 5.73 Å². The van der Waals surface area contributed by atoms with E-state index in [1.54, 1.807) is 0 Å². The van der Waals surface area contributed by atoms with E-state index in [-0.39, 0.29) is 5.82 Å². The van der Waals surface area contributed by atoms with Gasteiger partial charge in [-0.15, -0.1) is 5.10 Å². The number of aromatic nitrogens is 3. The largest absolute Gasteiger partial charge is 0.490 e. The minimum absolute atomic E-state index is 0.260. The molecule has 2 rings (SSSR count). The number of carbonyl (C=O) groups is 1. The van der Waals surface area contributed by atoms with Crippen molar-refractivity contribution in [3.05, 3.63) is 24.3 Å². The molecule has 6 N–H and O–H groups in total. The minimum atomic E-state index is -5.59. The number of phosphoric ester groups is 1. The summed E-state index contributed by atoms with van der Waals surface area (Å²) in [7, 11) is -16.3. The summed E-state index contributed by atoms with van der Waals surface area (Å²) in [5, 5.41) is 3.74. The Morgan fingerprint density at radius 3 is 2.41 bits per heavy atom. The van der Waals surface area contributed by atoms with Gasteiger partial charge in [0, 0.05) is 0 Å². The van der Waals surface area contributed by atoms with E-state index < -0.39 is 48.3 Å². The Morgan fingerprint density at radius 1 is 1.19 bits per heavy atom. The van der Waals surface area contributed by atoms with Crippen molar-refractivity contribution in [2.75, 3.05) is 6.61 Å². The number of primary amides is 1. The summed E-state index contributed by atoms with van der Waals surface area (Å²) < 4.78 is 51.3. The molecule has 1 aromatic heterocycles. The van der Waals surface area contributed by atoms with E-state index in [0.717, 1.165) is 11.0 Å². The average Bonchev–Trinajstić information content (AvgIpc) is 3.10. The molecule has 0 aromatic carbocycles. The molecule has 1 aliphatic heterocycles. The second-order valence-corrected chi connectivity index (χ2v) is 9.17. The van der Waals surface area contributed by atoms with Crippen LogP contribution in [0.2, 0.25) is 0 Å². The first-order valence-corrected chi connectivity index (χ1v) is 11.1. The molecule has 16 nitrogen and oxygen atoms in total. The zero-order valence-electron chi connectivity index (χ0n) is 12.9. The van der Waals surface area contributed by atoms with Crippen molar-refractivity contribution in [2.45, 2.75) is 12.3 Å². The van der Waals surface area contributed by atoms with Crippen LogP contribution in [-0.2, 0) is 31.6 Å². The van der Waals surface area contributed by atoms with Gasteiger partial charge in [-0.1, -0.05) is 6.08 Å². The van der Waals surface area contributed by atoms with Crippen LogP contribution in [-0.4, -0.2) is 53.0 Å². The van der Waals surface area contributed by atoms with Crippen molar-refractivity contribution in [3.63, 3.8) is 0 Å². The molecule has 1 aliphatic rings. The number of amides is 1. The summed E-state index contributed by atoms with van der Waals surface area (Å²) in [4.78, 5) is 49.8. The van der Waals surface area contributed by atoms with Gasteiger partial charge in [0.15, 0.2) is 6.23 Å². The Morgan fingerprint density at radius 2 is 1.85 bits per heavy atom. The molecule has 152 valence electrons. The Bertz CT molecular complexity index is 878. The van der Waals surface area contributed by atoms with Crippen molar-refractivity contribution in [1.29, 1.82) is 0 Å². The van der Waals surface area contributed by atoms with Crippen LogP contribution in [0.5, 0.6) is 0 Å². The smallest absolute Gasteiger partial charge is 0.363 e. The number of carbonyl (C=O) groups excluding carboxylic acids is 1. The number of nitrogens with two attached hydrogens (primary N) is 1. The van der Waals surface area contributed by atoms with E-state index in [1.165, 1.54) is 12.2 Å². The van der Waals surface area contributed by atoms with E-state index in [1.807, 2.05) is 0 Å². The summed E-state index contributed by atoms with van der Waals surface area (Å²) in [6.45, 7) is -0.659. The first-order valence-electron chi connectivity index (χ1n) is 6.59. The molecule has 19 heteroatoms. The highest BCUT2D eigenvalue weighted by Gasteiger charge is 2.41. The highest BCUT2D eigenvalue weighted by Crippen LogP contribution is 2.66. The van der Waals surface area contributed by atoms with Crippen LogP contribution in [0.3, 0.4) is 0 Å².